The molecule has 9 heteroatoms. The molecule has 8 nitrogen and oxygen atoms in total. The van der Waals surface area contributed by atoms with E-state index >= 15 is 0 Å². The molecule has 0 aliphatic carbocycles. The fourth-order valence-corrected chi connectivity index (χ4v) is 3.84. The highest BCUT2D eigenvalue weighted by Crippen LogP contribution is 2.17. The summed E-state index contributed by atoms with van der Waals surface area (Å²) in [6.45, 7) is 2.48. The summed E-state index contributed by atoms with van der Waals surface area (Å²) in [4.78, 5) is 27.4. The Morgan fingerprint density at radius 3 is 2.43 bits per heavy atom. The van der Waals surface area contributed by atoms with Crippen LogP contribution in [0.4, 0.5) is 0 Å². The normalized spacial score (nSPS) is 12.9. The molecular weight excluding hydrogens is 322 g/mol. The maximum atomic E-state index is 12.5. The van der Waals surface area contributed by atoms with Gasteiger partial charge in [0.1, 0.15) is 6.04 Å². The predicted molar refractivity (Wildman–Crippen MR) is 83.9 cm³/mol. The number of hydrogen-bond acceptors (Lipinski definition) is 6. The van der Waals surface area contributed by atoms with Gasteiger partial charge in [0.25, 0.3) is 5.91 Å². The van der Waals surface area contributed by atoms with Crippen LogP contribution in [0.5, 0.6) is 0 Å². The molecule has 1 atom stereocenters. The van der Waals surface area contributed by atoms with Crippen LogP contribution >= 0.6 is 0 Å². The summed E-state index contributed by atoms with van der Waals surface area (Å²) < 4.78 is 25.4. The molecule has 23 heavy (non-hydrogen) atoms. The Morgan fingerprint density at radius 2 is 2.00 bits per heavy atom. The van der Waals surface area contributed by atoms with Gasteiger partial charge in [-0.1, -0.05) is 19.9 Å². The SMILES string of the molecule is CC(C)C(C(=O)O)N(C(=O)CN)S(=O)(=O)CCc1ccccn1. The van der Waals surface area contributed by atoms with Gasteiger partial charge in [-0.25, -0.2) is 17.5 Å². The van der Waals surface area contributed by atoms with Crippen molar-refractivity contribution in [2.75, 3.05) is 12.3 Å². The maximum Gasteiger partial charge on any atom is 0.327 e. The number of nitrogens with zero attached hydrogens (tertiary/aromatic N) is 2. The van der Waals surface area contributed by atoms with Crippen molar-refractivity contribution >= 4 is 21.9 Å². The smallest absolute Gasteiger partial charge is 0.327 e. The van der Waals surface area contributed by atoms with Crippen molar-refractivity contribution in [3.8, 4) is 0 Å². The molecule has 0 aromatic carbocycles. The zero-order valence-corrected chi connectivity index (χ0v) is 13.9. The first kappa shape index (κ1) is 19.0. The first-order valence-electron chi connectivity index (χ1n) is 7.08. The summed E-state index contributed by atoms with van der Waals surface area (Å²) in [5.74, 6) is -3.34. The fourth-order valence-electron chi connectivity index (χ4n) is 2.11. The Bertz CT molecular complexity index is 646. The Hall–Kier alpha value is -2.00. The minimum absolute atomic E-state index is 0.0714. The van der Waals surface area contributed by atoms with Crippen LogP contribution in [-0.4, -0.2) is 53.0 Å². The van der Waals surface area contributed by atoms with Gasteiger partial charge in [-0.3, -0.25) is 9.78 Å². The number of rotatable bonds is 8. The Morgan fingerprint density at radius 1 is 1.35 bits per heavy atom. The summed E-state index contributed by atoms with van der Waals surface area (Å²) in [6, 6.07) is 3.58. The summed E-state index contributed by atoms with van der Waals surface area (Å²) in [5.41, 5.74) is 5.79. The quantitative estimate of drug-likeness (QED) is 0.671. The third-order valence-electron chi connectivity index (χ3n) is 3.20. The van der Waals surface area contributed by atoms with Crippen molar-refractivity contribution in [2.45, 2.75) is 26.3 Å². The minimum atomic E-state index is -4.14. The first-order valence-corrected chi connectivity index (χ1v) is 8.69. The fraction of sp³-hybridized carbons (Fsp3) is 0.500. The highest BCUT2D eigenvalue weighted by Gasteiger charge is 2.39. The molecule has 128 valence electrons. The summed E-state index contributed by atoms with van der Waals surface area (Å²) >= 11 is 0. The van der Waals surface area contributed by atoms with Crippen molar-refractivity contribution in [3.05, 3.63) is 30.1 Å². The molecule has 0 fully saturated rings. The molecule has 1 amide bonds. The number of sulfonamides is 1. The zero-order chi connectivity index (χ0) is 17.6. The molecule has 0 aliphatic rings. The van der Waals surface area contributed by atoms with E-state index in [4.69, 9.17) is 5.73 Å². The van der Waals surface area contributed by atoms with Crippen LogP contribution in [0.15, 0.2) is 24.4 Å². The average Bonchev–Trinajstić information content (AvgIpc) is 2.50. The van der Waals surface area contributed by atoms with Gasteiger partial charge in [0.2, 0.25) is 10.0 Å². The van der Waals surface area contributed by atoms with E-state index in [1.54, 1.807) is 18.2 Å². The van der Waals surface area contributed by atoms with Crippen molar-refractivity contribution in [1.82, 2.24) is 9.29 Å². The topological polar surface area (TPSA) is 131 Å². The molecule has 1 rings (SSSR count). The number of amides is 1. The Balaban J connectivity index is 3.09. The summed E-state index contributed by atoms with van der Waals surface area (Å²) in [5, 5.41) is 9.30. The number of aromatic nitrogens is 1. The largest absolute Gasteiger partial charge is 0.480 e. The van der Waals surface area contributed by atoms with Gasteiger partial charge < -0.3 is 10.8 Å². The van der Waals surface area contributed by atoms with E-state index in [-0.39, 0.29) is 6.42 Å². The number of carbonyl (C=O) groups is 2. The number of aliphatic carboxylic acids is 1. The van der Waals surface area contributed by atoms with Gasteiger partial charge in [-0.15, -0.1) is 0 Å². The van der Waals surface area contributed by atoms with Crippen LogP contribution < -0.4 is 5.73 Å². The molecule has 0 spiro atoms. The van der Waals surface area contributed by atoms with Crippen LogP contribution in [-0.2, 0) is 26.0 Å². The average molecular weight is 343 g/mol. The Kier molecular flexibility index (Phi) is 6.64. The number of pyridine rings is 1. The second-order valence-electron chi connectivity index (χ2n) is 5.31. The van der Waals surface area contributed by atoms with Gasteiger partial charge in [-0.05, 0) is 18.1 Å². The predicted octanol–water partition coefficient (Wildman–Crippen LogP) is -0.150. The number of carboxylic acid groups (broad SMARTS) is 1. The van der Waals surface area contributed by atoms with Crippen LogP contribution in [0.2, 0.25) is 0 Å². The summed E-state index contributed by atoms with van der Waals surface area (Å²) in [6.07, 6.45) is 1.60. The molecule has 3 N–H and O–H groups in total. The van der Waals surface area contributed by atoms with E-state index in [0.29, 0.717) is 10.00 Å². The van der Waals surface area contributed by atoms with Gasteiger partial charge in [-0.2, -0.15) is 0 Å². The van der Waals surface area contributed by atoms with E-state index in [1.807, 2.05) is 0 Å². The maximum absolute atomic E-state index is 12.5. The molecule has 0 saturated heterocycles. The monoisotopic (exact) mass is 343 g/mol. The van der Waals surface area contributed by atoms with Crippen molar-refractivity contribution in [2.24, 2.45) is 11.7 Å². The van der Waals surface area contributed by atoms with Crippen LogP contribution in [0.25, 0.3) is 0 Å². The molecule has 0 radical (unpaired) electrons. The van der Waals surface area contributed by atoms with Crippen molar-refractivity contribution in [1.29, 1.82) is 0 Å². The molecule has 1 unspecified atom stereocenters. The van der Waals surface area contributed by atoms with Gasteiger partial charge >= 0.3 is 5.97 Å². The lowest BCUT2D eigenvalue weighted by molar-refractivity contribution is -0.147. The zero-order valence-electron chi connectivity index (χ0n) is 13.0. The van der Waals surface area contributed by atoms with Gasteiger partial charge in [0.15, 0.2) is 0 Å². The molecule has 0 saturated carbocycles. The number of nitrogens with two attached hydrogens (primary N) is 1. The standard InChI is InChI=1S/C14H21N3O5S/c1-10(2)13(14(19)20)17(12(18)9-15)23(21,22)8-6-11-5-3-4-7-16-11/h3-5,7,10,13H,6,8-9,15H2,1-2H3,(H,19,20). The number of carboxylic acids is 1. The van der Waals surface area contributed by atoms with E-state index in [9.17, 15) is 23.1 Å². The molecule has 0 aliphatic heterocycles. The van der Waals surface area contributed by atoms with Gasteiger partial charge in [0.05, 0.1) is 12.3 Å². The van der Waals surface area contributed by atoms with Crippen molar-refractivity contribution in [3.63, 3.8) is 0 Å². The van der Waals surface area contributed by atoms with Crippen LogP contribution in [0, 0.1) is 5.92 Å². The lowest BCUT2D eigenvalue weighted by atomic mass is 10.0. The third-order valence-corrected chi connectivity index (χ3v) is 4.95. The summed E-state index contributed by atoms with van der Waals surface area (Å²) in [7, 11) is -4.14. The van der Waals surface area contributed by atoms with Crippen LogP contribution in [0.1, 0.15) is 19.5 Å². The molecule has 0 bridgehead atoms. The van der Waals surface area contributed by atoms with E-state index in [0.717, 1.165) is 0 Å². The van der Waals surface area contributed by atoms with E-state index in [1.165, 1.54) is 20.0 Å². The van der Waals surface area contributed by atoms with Crippen molar-refractivity contribution < 1.29 is 23.1 Å². The second-order valence-corrected chi connectivity index (χ2v) is 7.27. The molecular formula is C14H21N3O5S. The second kappa shape index (κ2) is 8.02. The molecule has 1 aromatic rings. The number of carbonyl (C=O) groups excluding carboxylic acids is 1. The lowest BCUT2D eigenvalue weighted by Gasteiger charge is -2.30. The highest BCUT2D eigenvalue weighted by molar-refractivity contribution is 7.89. The molecule has 1 aromatic heterocycles. The van der Waals surface area contributed by atoms with Crippen LogP contribution in [0.3, 0.4) is 0 Å². The Labute approximate surface area is 135 Å². The highest BCUT2D eigenvalue weighted by atomic mass is 32.2. The molecule has 1 heterocycles. The van der Waals surface area contributed by atoms with Gasteiger partial charge in [0, 0.05) is 18.3 Å². The minimum Gasteiger partial charge on any atom is -0.480 e. The third kappa shape index (κ3) is 5.00. The number of hydrogen-bond donors (Lipinski definition) is 2. The lowest BCUT2D eigenvalue weighted by Crippen LogP contribution is -2.53. The first-order chi connectivity index (χ1) is 10.7. The van der Waals surface area contributed by atoms with E-state index < -0.39 is 46.2 Å². The number of aryl methyl sites for hydroxylation is 1. The van der Waals surface area contributed by atoms with E-state index in [2.05, 4.69) is 4.98 Å².